The number of rotatable bonds is 3. The van der Waals surface area contributed by atoms with Crippen LogP contribution in [0.3, 0.4) is 0 Å². The summed E-state index contributed by atoms with van der Waals surface area (Å²) in [5, 5.41) is 0. The molecule has 1 aromatic rings. The van der Waals surface area contributed by atoms with Crippen LogP contribution >= 0.6 is 0 Å². The Bertz CT molecular complexity index is 748. The second kappa shape index (κ2) is 7.50. The third kappa shape index (κ3) is 3.55. The molecule has 146 valence electrons. The highest BCUT2D eigenvalue weighted by atomic mass is 16.5. The van der Waals surface area contributed by atoms with Gasteiger partial charge in [-0.1, -0.05) is 6.08 Å². The lowest BCUT2D eigenvalue weighted by Gasteiger charge is -2.39. The van der Waals surface area contributed by atoms with Gasteiger partial charge in [-0.25, -0.2) is 9.78 Å². The van der Waals surface area contributed by atoms with Crippen LogP contribution < -0.4 is 9.64 Å². The third-order valence-corrected chi connectivity index (χ3v) is 6.04. The van der Waals surface area contributed by atoms with E-state index in [1.165, 1.54) is 0 Å². The predicted molar refractivity (Wildman–Crippen MR) is 102 cm³/mol. The van der Waals surface area contributed by atoms with Gasteiger partial charge in [0.1, 0.15) is 12.2 Å². The number of esters is 1. The molecule has 1 fully saturated rings. The molecule has 27 heavy (non-hydrogen) atoms. The zero-order valence-electron chi connectivity index (χ0n) is 16.2. The molecule has 6 heteroatoms. The van der Waals surface area contributed by atoms with Gasteiger partial charge in [-0.05, 0) is 56.6 Å². The fraction of sp³-hybridized carbons (Fsp3) is 0.619. The Morgan fingerprint density at radius 2 is 2.15 bits per heavy atom. The van der Waals surface area contributed by atoms with Crippen molar-refractivity contribution in [1.82, 2.24) is 4.98 Å². The average Bonchev–Trinajstić information content (AvgIpc) is 2.85. The van der Waals surface area contributed by atoms with Crippen molar-refractivity contribution < 1.29 is 19.0 Å². The van der Waals surface area contributed by atoms with Crippen LogP contribution in [0.1, 0.15) is 44.6 Å². The molecule has 1 unspecified atom stereocenters. The Morgan fingerprint density at radius 3 is 3.04 bits per heavy atom. The van der Waals surface area contributed by atoms with E-state index in [9.17, 15) is 4.79 Å². The van der Waals surface area contributed by atoms with Crippen molar-refractivity contribution in [2.24, 2.45) is 5.92 Å². The van der Waals surface area contributed by atoms with Gasteiger partial charge in [0.2, 0.25) is 0 Å². The summed E-state index contributed by atoms with van der Waals surface area (Å²) in [6, 6.07) is 2.00. The largest absolute Gasteiger partial charge is 0.488 e. The monoisotopic (exact) mass is 372 g/mol. The SMILES string of the molecule is CN1CCOc2cc(CO[C@]3(C)C4=CCCCC3CCCOC4=O)cnc21. The van der Waals surface area contributed by atoms with Crippen LogP contribution in [-0.4, -0.2) is 43.4 Å². The number of aromatic nitrogens is 1. The topological polar surface area (TPSA) is 60.9 Å². The molecule has 1 aliphatic carbocycles. The van der Waals surface area contributed by atoms with Gasteiger partial charge >= 0.3 is 5.97 Å². The van der Waals surface area contributed by atoms with E-state index in [4.69, 9.17) is 14.2 Å². The van der Waals surface area contributed by atoms with E-state index >= 15 is 0 Å². The Morgan fingerprint density at radius 1 is 1.30 bits per heavy atom. The summed E-state index contributed by atoms with van der Waals surface area (Å²) in [5.74, 6) is 1.76. The number of carbonyl (C=O) groups is 1. The van der Waals surface area contributed by atoms with E-state index in [0.717, 1.165) is 55.8 Å². The van der Waals surface area contributed by atoms with Crippen molar-refractivity contribution in [2.45, 2.75) is 51.2 Å². The molecule has 0 saturated carbocycles. The Balaban J connectivity index is 1.57. The van der Waals surface area contributed by atoms with E-state index in [2.05, 4.69) is 16.8 Å². The average molecular weight is 372 g/mol. The number of ether oxygens (including phenoxy) is 3. The lowest BCUT2D eigenvalue weighted by molar-refractivity contribution is -0.148. The van der Waals surface area contributed by atoms with Crippen LogP contribution in [-0.2, 0) is 20.9 Å². The van der Waals surface area contributed by atoms with Gasteiger partial charge in [-0.15, -0.1) is 0 Å². The smallest absolute Gasteiger partial charge is 0.336 e. The number of cyclic esters (lactones) is 1. The summed E-state index contributed by atoms with van der Waals surface area (Å²) in [6.07, 6.45) is 8.83. The van der Waals surface area contributed by atoms with Gasteiger partial charge in [-0.2, -0.15) is 0 Å². The van der Waals surface area contributed by atoms with E-state index in [1.54, 1.807) is 0 Å². The first-order valence-electron chi connectivity index (χ1n) is 9.92. The molecule has 3 aliphatic rings. The molecule has 1 saturated heterocycles. The summed E-state index contributed by atoms with van der Waals surface area (Å²) in [4.78, 5) is 19.2. The van der Waals surface area contributed by atoms with Gasteiger partial charge in [0.15, 0.2) is 11.6 Å². The molecule has 0 amide bonds. The third-order valence-electron chi connectivity index (χ3n) is 6.04. The lowest BCUT2D eigenvalue weighted by atomic mass is 9.78. The first-order chi connectivity index (χ1) is 13.1. The molecule has 0 N–H and O–H groups in total. The normalized spacial score (nSPS) is 28.1. The van der Waals surface area contributed by atoms with Crippen LogP contribution in [0.5, 0.6) is 5.75 Å². The molecule has 1 aromatic heterocycles. The number of fused-ring (bicyclic) bond motifs is 3. The highest BCUT2D eigenvalue weighted by Crippen LogP contribution is 2.41. The molecule has 2 atom stereocenters. The zero-order chi connectivity index (χ0) is 18.9. The molecule has 0 radical (unpaired) electrons. The Labute approximate surface area is 160 Å². The minimum atomic E-state index is -0.623. The molecular weight excluding hydrogens is 344 g/mol. The second-order valence-electron chi connectivity index (χ2n) is 7.85. The number of nitrogens with zero attached hydrogens (tertiary/aromatic N) is 2. The molecular formula is C21H28N2O4. The van der Waals surface area contributed by atoms with Gasteiger partial charge < -0.3 is 19.1 Å². The molecule has 2 bridgehead atoms. The summed E-state index contributed by atoms with van der Waals surface area (Å²) in [6.45, 7) is 4.45. The Kier molecular flexibility index (Phi) is 5.08. The summed E-state index contributed by atoms with van der Waals surface area (Å²) in [7, 11) is 2.02. The molecule has 0 spiro atoms. The first-order valence-corrected chi connectivity index (χ1v) is 9.92. The number of hydrogen-bond donors (Lipinski definition) is 0. The van der Waals surface area contributed by atoms with E-state index in [0.29, 0.717) is 31.3 Å². The molecule has 4 rings (SSSR count). The van der Waals surface area contributed by atoms with Crippen LogP contribution in [0.4, 0.5) is 5.82 Å². The van der Waals surface area contributed by atoms with E-state index in [-0.39, 0.29) is 5.97 Å². The quantitative estimate of drug-likeness (QED) is 0.759. The minimum absolute atomic E-state index is 0.224. The molecule has 3 heterocycles. The number of anilines is 1. The van der Waals surface area contributed by atoms with Crippen molar-refractivity contribution in [3.63, 3.8) is 0 Å². The number of hydrogen-bond acceptors (Lipinski definition) is 6. The summed E-state index contributed by atoms with van der Waals surface area (Å²) < 4.78 is 17.6. The second-order valence-corrected chi connectivity index (χ2v) is 7.85. The van der Waals surface area contributed by atoms with Crippen LogP contribution in [0.25, 0.3) is 0 Å². The maximum absolute atomic E-state index is 12.6. The van der Waals surface area contributed by atoms with Crippen molar-refractivity contribution in [3.05, 3.63) is 29.5 Å². The van der Waals surface area contributed by atoms with Gasteiger partial charge in [0.05, 0.1) is 25.3 Å². The lowest BCUT2D eigenvalue weighted by Crippen LogP contribution is -2.43. The van der Waals surface area contributed by atoms with Crippen LogP contribution in [0, 0.1) is 5.92 Å². The van der Waals surface area contributed by atoms with Gasteiger partial charge in [0, 0.05) is 13.2 Å². The fourth-order valence-corrected chi connectivity index (χ4v) is 4.36. The molecule has 2 aliphatic heterocycles. The summed E-state index contributed by atoms with van der Waals surface area (Å²) >= 11 is 0. The Hall–Kier alpha value is -2.08. The van der Waals surface area contributed by atoms with Gasteiger partial charge in [0.25, 0.3) is 0 Å². The number of allylic oxidation sites excluding steroid dienone is 1. The van der Waals surface area contributed by atoms with Crippen molar-refractivity contribution in [3.8, 4) is 5.75 Å². The standard InChI is InChI=1S/C21H28N2O4/c1-21(16-6-3-4-8-17(21)20(24)26-10-5-7-16)27-14-15-12-18-19(22-13-15)23(2)9-11-25-18/h8,12-13,16H,3-7,9-11,14H2,1-2H3/t16?,21-/m0/s1. The number of carbonyl (C=O) groups excluding carboxylic acids is 1. The van der Waals surface area contributed by atoms with Crippen molar-refractivity contribution in [1.29, 1.82) is 0 Å². The highest BCUT2D eigenvalue weighted by molar-refractivity contribution is 5.91. The van der Waals surface area contributed by atoms with Crippen molar-refractivity contribution >= 4 is 11.8 Å². The van der Waals surface area contributed by atoms with E-state index in [1.807, 2.05) is 25.4 Å². The van der Waals surface area contributed by atoms with Crippen LogP contribution in [0.15, 0.2) is 23.9 Å². The van der Waals surface area contributed by atoms with Crippen molar-refractivity contribution in [2.75, 3.05) is 31.7 Å². The summed E-state index contributed by atoms with van der Waals surface area (Å²) in [5.41, 5.74) is 1.02. The van der Waals surface area contributed by atoms with Gasteiger partial charge in [-0.3, -0.25) is 0 Å². The van der Waals surface area contributed by atoms with E-state index < -0.39 is 5.60 Å². The molecule has 0 aromatic carbocycles. The fourth-order valence-electron chi connectivity index (χ4n) is 4.36. The van der Waals surface area contributed by atoms with Crippen LogP contribution in [0.2, 0.25) is 0 Å². The predicted octanol–water partition coefficient (Wildman–Crippen LogP) is 3.25. The molecule has 6 nitrogen and oxygen atoms in total. The highest BCUT2D eigenvalue weighted by Gasteiger charge is 2.44. The maximum atomic E-state index is 12.6. The first kappa shape index (κ1) is 18.3. The number of pyridine rings is 1. The maximum Gasteiger partial charge on any atom is 0.336 e. The zero-order valence-corrected chi connectivity index (χ0v) is 16.2. The minimum Gasteiger partial charge on any atom is -0.488 e. The number of likely N-dealkylation sites (N-methyl/N-ethyl adjacent to an activating group) is 1.